The van der Waals surface area contributed by atoms with Gasteiger partial charge in [-0.3, -0.25) is 9.59 Å². The minimum Gasteiger partial charge on any atom is -0.459 e. The van der Waals surface area contributed by atoms with Crippen molar-refractivity contribution in [2.45, 2.75) is 18.9 Å². The highest BCUT2D eigenvalue weighted by Crippen LogP contribution is 2.20. The molecule has 2 heterocycles. The highest BCUT2D eigenvalue weighted by atomic mass is 35.5. The van der Waals surface area contributed by atoms with Crippen LogP contribution in [0, 0.1) is 0 Å². The summed E-state index contributed by atoms with van der Waals surface area (Å²) in [5, 5.41) is 3.40. The van der Waals surface area contributed by atoms with Gasteiger partial charge in [0, 0.05) is 19.1 Å². The van der Waals surface area contributed by atoms with Crippen LogP contribution in [0.2, 0.25) is 5.02 Å². The van der Waals surface area contributed by atoms with Gasteiger partial charge in [-0.1, -0.05) is 23.7 Å². The molecule has 0 spiro atoms. The molecule has 0 radical (unpaired) electrons. The molecule has 0 bridgehead atoms. The summed E-state index contributed by atoms with van der Waals surface area (Å²) in [6.07, 6.45) is 2.89. The Morgan fingerprint density at radius 2 is 1.87 bits per heavy atom. The predicted octanol–water partition coefficient (Wildman–Crippen LogP) is 2.97. The fourth-order valence-electron chi connectivity index (χ4n) is 2.70. The molecule has 0 aliphatic carbocycles. The smallest absolute Gasteiger partial charge is 0.287 e. The summed E-state index contributed by atoms with van der Waals surface area (Å²) in [6, 6.07) is 10.4. The van der Waals surface area contributed by atoms with Crippen LogP contribution in [0.25, 0.3) is 0 Å². The number of benzene rings is 1. The molecule has 3 rings (SSSR count). The summed E-state index contributed by atoms with van der Waals surface area (Å²) >= 11 is 6.08. The molecular weight excluding hydrogens is 316 g/mol. The molecule has 1 aromatic heterocycles. The summed E-state index contributed by atoms with van der Waals surface area (Å²) in [5.41, 5.74) is 0.521. The SMILES string of the molecule is O=C(NC1CCN(C(=O)c2ccccc2Cl)CC1)c1ccco1. The fraction of sp³-hybridized carbons (Fsp3) is 0.294. The maximum Gasteiger partial charge on any atom is 0.287 e. The van der Waals surface area contributed by atoms with Crippen molar-refractivity contribution in [2.75, 3.05) is 13.1 Å². The van der Waals surface area contributed by atoms with Crippen molar-refractivity contribution < 1.29 is 14.0 Å². The number of nitrogens with zero attached hydrogens (tertiary/aromatic N) is 1. The van der Waals surface area contributed by atoms with Crippen molar-refractivity contribution >= 4 is 23.4 Å². The normalized spacial score (nSPS) is 15.4. The third kappa shape index (κ3) is 3.56. The van der Waals surface area contributed by atoms with Crippen molar-refractivity contribution in [3.05, 3.63) is 59.0 Å². The molecule has 1 N–H and O–H groups in total. The van der Waals surface area contributed by atoms with Gasteiger partial charge < -0.3 is 14.6 Å². The van der Waals surface area contributed by atoms with E-state index in [1.807, 2.05) is 0 Å². The number of hydrogen-bond acceptors (Lipinski definition) is 3. The number of halogens is 1. The molecule has 1 aliphatic rings. The molecular formula is C17H17ClN2O3. The van der Waals surface area contributed by atoms with E-state index in [2.05, 4.69) is 5.32 Å². The molecule has 5 nitrogen and oxygen atoms in total. The lowest BCUT2D eigenvalue weighted by molar-refractivity contribution is 0.0696. The van der Waals surface area contributed by atoms with E-state index in [4.69, 9.17) is 16.0 Å². The van der Waals surface area contributed by atoms with Crippen LogP contribution in [0.5, 0.6) is 0 Å². The van der Waals surface area contributed by atoms with Crippen LogP contribution in [0.3, 0.4) is 0 Å². The number of piperidine rings is 1. The molecule has 1 aromatic carbocycles. The minimum atomic E-state index is -0.217. The number of rotatable bonds is 3. The maximum atomic E-state index is 12.5. The van der Waals surface area contributed by atoms with Gasteiger partial charge in [0.15, 0.2) is 5.76 Å². The zero-order valence-corrected chi connectivity index (χ0v) is 13.3. The number of amides is 2. The number of nitrogens with one attached hydrogen (secondary N) is 1. The third-order valence-electron chi connectivity index (χ3n) is 3.97. The minimum absolute atomic E-state index is 0.0443. The molecule has 0 atom stereocenters. The Morgan fingerprint density at radius 1 is 1.13 bits per heavy atom. The number of hydrogen-bond donors (Lipinski definition) is 1. The summed E-state index contributed by atoms with van der Waals surface area (Å²) in [5.74, 6) is 0.0249. The molecule has 23 heavy (non-hydrogen) atoms. The first-order chi connectivity index (χ1) is 11.1. The van der Waals surface area contributed by atoms with Crippen molar-refractivity contribution in [3.8, 4) is 0 Å². The number of likely N-dealkylation sites (tertiary alicyclic amines) is 1. The summed E-state index contributed by atoms with van der Waals surface area (Å²) in [6.45, 7) is 1.18. The van der Waals surface area contributed by atoms with Crippen LogP contribution >= 0.6 is 11.6 Å². The van der Waals surface area contributed by atoms with Gasteiger partial charge in [0.05, 0.1) is 16.8 Å². The molecule has 2 aromatic rings. The highest BCUT2D eigenvalue weighted by Gasteiger charge is 2.26. The zero-order valence-electron chi connectivity index (χ0n) is 12.5. The van der Waals surface area contributed by atoms with E-state index in [0.29, 0.717) is 42.3 Å². The molecule has 1 saturated heterocycles. The predicted molar refractivity (Wildman–Crippen MR) is 86.6 cm³/mol. The molecule has 1 aliphatic heterocycles. The highest BCUT2D eigenvalue weighted by molar-refractivity contribution is 6.33. The van der Waals surface area contributed by atoms with Crippen molar-refractivity contribution in [1.82, 2.24) is 10.2 Å². The maximum absolute atomic E-state index is 12.5. The zero-order chi connectivity index (χ0) is 16.2. The lowest BCUT2D eigenvalue weighted by Crippen LogP contribution is -2.46. The number of carbonyl (C=O) groups is 2. The van der Waals surface area contributed by atoms with Gasteiger partial charge in [-0.15, -0.1) is 0 Å². The fourth-order valence-corrected chi connectivity index (χ4v) is 2.91. The Labute approximate surface area is 139 Å². The first-order valence-corrected chi connectivity index (χ1v) is 7.91. The van der Waals surface area contributed by atoms with Crippen LogP contribution in [0.15, 0.2) is 47.1 Å². The van der Waals surface area contributed by atoms with Crippen LogP contribution < -0.4 is 5.32 Å². The lowest BCUT2D eigenvalue weighted by Gasteiger charge is -2.32. The Kier molecular flexibility index (Phi) is 4.67. The largest absolute Gasteiger partial charge is 0.459 e. The van der Waals surface area contributed by atoms with Gasteiger partial charge in [-0.05, 0) is 37.1 Å². The average molecular weight is 333 g/mol. The summed E-state index contributed by atoms with van der Waals surface area (Å²) < 4.78 is 5.08. The van der Waals surface area contributed by atoms with E-state index in [-0.39, 0.29) is 17.9 Å². The van der Waals surface area contributed by atoms with Crippen molar-refractivity contribution in [2.24, 2.45) is 0 Å². The molecule has 0 unspecified atom stereocenters. The first-order valence-electron chi connectivity index (χ1n) is 7.53. The van der Waals surface area contributed by atoms with Gasteiger partial charge in [0.2, 0.25) is 0 Å². The van der Waals surface area contributed by atoms with Gasteiger partial charge in [0.25, 0.3) is 11.8 Å². The van der Waals surface area contributed by atoms with Crippen LogP contribution in [0.1, 0.15) is 33.8 Å². The van der Waals surface area contributed by atoms with Crippen molar-refractivity contribution in [1.29, 1.82) is 0 Å². The van der Waals surface area contributed by atoms with Crippen LogP contribution in [0.4, 0.5) is 0 Å². The molecule has 1 fully saturated rings. The van der Waals surface area contributed by atoms with E-state index in [1.165, 1.54) is 6.26 Å². The second-order valence-electron chi connectivity index (χ2n) is 5.50. The second kappa shape index (κ2) is 6.87. The van der Waals surface area contributed by atoms with E-state index < -0.39 is 0 Å². The van der Waals surface area contributed by atoms with Gasteiger partial charge in [-0.2, -0.15) is 0 Å². The lowest BCUT2D eigenvalue weighted by atomic mass is 10.0. The van der Waals surface area contributed by atoms with Gasteiger partial charge in [-0.25, -0.2) is 0 Å². The Balaban J connectivity index is 1.55. The van der Waals surface area contributed by atoms with E-state index in [1.54, 1.807) is 41.3 Å². The Bertz CT molecular complexity index is 692. The molecule has 6 heteroatoms. The third-order valence-corrected chi connectivity index (χ3v) is 4.30. The summed E-state index contributed by atoms with van der Waals surface area (Å²) in [7, 11) is 0. The second-order valence-corrected chi connectivity index (χ2v) is 5.90. The molecule has 0 saturated carbocycles. The average Bonchev–Trinajstić information content (AvgIpc) is 3.10. The van der Waals surface area contributed by atoms with Gasteiger partial charge in [0.1, 0.15) is 0 Å². The van der Waals surface area contributed by atoms with Crippen molar-refractivity contribution in [3.63, 3.8) is 0 Å². The molecule has 120 valence electrons. The van der Waals surface area contributed by atoms with E-state index in [0.717, 1.165) is 0 Å². The Morgan fingerprint density at radius 3 is 2.52 bits per heavy atom. The summed E-state index contributed by atoms with van der Waals surface area (Å²) in [4.78, 5) is 26.2. The van der Waals surface area contributed by atoms with Crippen LogP contribution in [-0.4, -0.2) is 35.8 Å². The van der Waals surface area contributed by atoms with E-state index >= 15 is 0 Å². The monoisotopic (exact) mass is 332 g/mol. The van der Waals surface area contributed by atoms with E-state index in [9.17, 15) is 9.59 Å². The topological polar surface area (TPSA) is 62.6 Å². The Hall–Kier alpha value is -2.27. The molecule has 2 amide bonds. The number of furan rings is 1. The van der Waals surface area contributed by atoms with Crippen LogP contribution in [-0.2, 0) is 0 Å². The number of carbonyl (C=O) groups excluding carboxylic acids is 2. The first kappa shape index (κ1) is 15.6. The van der Waals surface area contributed by atoms with Gasteiger partial charge >= 0.3 is 0 Å². The quantitative estimate of drug-likeness (QED) is 0.940. The standard InChI is InChI=1S/C17H17ClN2O3/c18-14-5-2-1-4-13(14)17(22)20-9-7-12(8-10-20)19-16(21)15-6-3-11-23-15/h1-6,11-12H,7-10H2,(H,19,21).